The lowest BCUT2D eigenvalue weighted by Gasteiger charge is -2.33. The maximum Gasteiger partial charge on any atom is 0.280 e. The topological polar surface area (TPSA) is 134 Å². The predicted octanol–water partition coefficient (Wildman–Crippen LogP) is 2.99. The molecule has 0 aliphatic carbocycles. The van der Waals surface area contributed by atoms with E-state index in [-0.39, 0.29) is 25.2 Å². The fourth-order valence-corrected chi connectivity index (χ4v) is 5.65. The Labute approximate surface area is 253 Å². The van der Waals surface area contributed by atoms with Crippen molar-refractivity contribution in [2.24, 2.45) is 5.73 Å². The van der Waals surface area contributed by atoms with Crippen molar-refractivity contribution in [3.63, 3.8) is 0 Å². The summed E-state index contributed by atoms with van der Waals surface area (Å²) >= 11 is 6.70. The number of benzene rings is 2. The molecule has 2 aliphatic rings. The summed E-state index contributed by atoms with van der Waals surface area (Å²) < 4.78 is 18.4. The second-order valence-corrected chi connectivity index (χ2v) is 10.6. The molecule has 0 saturated carbocycles. The van der Waals surface area contributed by atoms with E-state index >= 15 is 0 Å². The Hall–Kier alpha value is -4.29. The van der Waals surface area contributed by atoms with Gasteiger partial charge in [-0.1, -0.05) is 41.9 Å². The number of rotatable bonds is 9. The molecule has 0 spiro atoms. The van der Waals surface area contributed by atoms with Gasteiger partial charge in [0.15, 0.2) is 5.82 Å². The number of pyridine rings is 1. The average molecular weight is 603 g/mol. The van der Waals surface area contributed by atoms with Crippen LogP contribution in [0.3, 0.4) is 0 Å². The summed E-state index contributed by atoms with van der Waals surface area (Å²) in [5.74, 6) is -2.82. The Morgan fingerprint density at radius 1 is 1.00 bits per heavy atom. The van der Waals surface area contributed by atoms with E-state index in [0.717, 1.165) is 29.9 Å². The Balaban J connectivity index is 1.27. The predicted molar refractivity (Wildman–Crippen MR) is 160 cm³/mol. The highest BCUT2D eigenvalue weighted by Gasteiger charge is 2.51. The summed E-state index contributed by atoms with van der Waals surface area (Å²) in [6.45, 7) is 3.32. The molecule has 12 heteroatoms. The number of primary amides is 1. The number of ether oxygens (including phenoxy) is 3. The van der Waals surface area contributed by atoms with Crippen LogP contribution in [0.4, 0.5) is 5.69 Å². The molecule has 2 fully saturated rings. The normalized spacial score (nSPS) is 17.0. The van der Waals surface area contributed by atoms with Crippen molar-refractivity contribution < 1.29 is 23.8 Å². The minimum Gasteiger partial charge on any atom is -0.378 e. The largest absolute Gasteiger partial charge is 0.378 e. The van der Waals surface area contributed by atoms with Crippen molar-refractivity contribution in [3.8, 4) is 17.1 Å². The first kappa shape index (κ1) is 28.8. The van der Waals surface area contributed by atoms with E-state index < -0.39 is 23.6 Å². The number of amides is 2. The van der Waals surface area contributed by atoms with Crippen LogP contribution in [-0.4, -0.2) is 77.9 Å². The fourth-order valence-electron chi connectivity index (χ4n) is 5.38. The lowest BCUT2D eigenvalue weighted by molar-refractivity contribution is -0.189. The van der Waals surface area contributed by atoms with Crippen LogP contribution < -0.4 is 16.0 Å². The number of halogens is 1. The number of morpholine rings is 1. The van der Waals surface area contributed by atoms with E-state index in [1.165, 1.54) is 4.68 Å². The Kier molecular flexibility index (Phi) is 8.39. The number of carbonyl (C=O) groups is 2. The van der Waals surface area contributed by atoms with E-state index in [1.54, 1.807) is 24.5 Å². The summed E-state index contributed by atoms with van der Waals surface area (Å²) in [4.78, 5) is 33.1. The maximum atomic E-state index is 13.8. The fraction of sp³-hybridized carbons (Fsp3) is 0.290. The molecule has 1 atom stereocenters. The van der Waals surface area contributed by atoms with E-state index in [2.05, 4.69) is 15.2 Å². The third-order valence-corrected chi connectivity index (χ3v) is 7.86. The average Bonchev–Trinajstić information content (AvgIpc) is 3.73. The standard InChI is InChI=1S/C31H31ClN6O5/c32-25-20-22(37-13-15-41-16-14-37)8-9-23(25)26-10-12-38(36-26)28-24(7-4-11-34-28)29(39)35-27(19-21-5-2-1-3-6-21)31(30(33)40)42-17-18-43-31/h1-12,20,27H,13-19H2,(H2,33,40)(H,35,39). The van der Waals surface area contributed by atoms with E-state index in [9.17, 15) is 9.59 Å². The van der Waals surface area contributed by atoms with Gasteiger partial charge in [-0.25, -0.2) is 9.67 Å². The molecule has 3 N–H and O–H groups in total. The minimum atomic E-state index is -1.81. The molecule has 2 aliphatic heterocycles. The van der Waals surface area contributed by atoms with Crippen LogP contribution in [0.15, 0.2) is 79.1 Å². The molecule has 4 heterocycles. The second-order valence-electron chi connectivity index (χ2n) is 10.2. The van der Waals surface area contributed by atoms with Crippen LogP contribution in [-0.2, 0) is 25.4 Å². The maximum absolute atomic E-state index is 13.8. The lowest BCUT2D eigenvalue weighted by Crippen LogP contribution is -2.61. The first-order valence-corrected chi connectivity index (χ1v) is 14.4. The van der Waals surface area contributed by atoms with Gasteiger partial charge in [0, 0.05) is 36.7 Å². The number of hydrogen-bond donors (Lipinski definition) is 2. The van der Waals surface area contributed by atoms with Gasteiger partial charge in [-0.2, -0.15) is 5.10 Å². The zero-order valence-electron chi connectivity index (χ0n) is 23.3. The van der Waals surface area contributed by atoms with Gasteiger partial charge in [0.25, 0.3) is 17.6 Å². The summed E-state index contributed by atoms with van der Waals surface area (Å²) in [7, 11) is 0. The van der Waals surface area contributed by atoms with Gasteiger partial charge in [0.2, 0.25) is 0 Å². The Morgan fingerprint density at radius 3 is 2.49 bits per heavy atom. The number of aromatic nitrogens is 3. The van der Waals surface area contributed by atoms with Gasteiger partial charge in [-0.3, -0.25) is 9.59 Å². The lowest BCUT2D eigenvalue weighted by atomic mass is 9.97. The Morgan fingerprint density at radius 2 is 1.77 bits per heavy atom. The molecular weight excluding hydrogens is 572 g/mol. The third kappa shape index (κ3) is 5.98. The quantitative estimate of drug-likeness (QED) is 0.299. The monoisotopic (exact) mass is 602 g/mol. The molecule has 43 heavy (non-hydrogen) atoms. The Bertz CT molecular complexity index is 1600. The molecule has 2 aromatic heterocycles. The van der Waals surface area contributed by atoms with Crippen LogP contribution >= 0.6 is 11.6 Å². The number of nitrogens with zero attached hydrogens (tertiary/aromatic N) is 4. The molecule has 11 nitrogen and oxygen atoms in total. The molecule has 0 bridgehead atoms. The third-order valence-electron chi connectivity index (χ3n) is 7.55. The molecule has 2 amide bonds. The number of hydrogen-bond acceptors (Lipinski definition) is 8. The SMILES string of the molecule is NC(=O)C1(C(Cc2ccccc2)NC(=O)c2cccnc2-n2ccc(-c3ccc(N4CCOCC4)cc3Cl)n2)OCCO1. The van der Waals surface area contributed by atoms with Crippen LogP contribution in [0, 0.1) is 0 Å². The van der Waals surface area contributed by atoms with Gasteiger partial charge < -0.3 is 30.2 Å². The minimum absolute atomic E-state index is 0.175. The summed E-state index contributed by atoms with van der Waals surface area (Å²) in [5.41, 5.74) is 9.26. The van der Waals surface area contributed by atoms with Crippen LogP contribution in [0.25, 0.3) is 17.1 Å². The molecule has 222 valence electrons. The zero-order valence-corrected chi connectivity index (χ0v) is 24.1. The highest BCUT2D eigenvalue weighted by molar-refractivity contribution is 6.33. The van der Waals surface area contributed by atoms with Gasteiger partial charge in [0.1, 0.15) is 0 Å². The molecule has 2 saturated heterocycles. The van der Waals surface area contributed by atoms with Crippen molar-refractivity contribution in [2.75, 3.05) is 44.4 Å². The molecule has 1 unspecified atom stereocenters. The van der Waals surface area contributed by atoms with Gasteiger partial charge in [0.05, 0.1) is 48.7 Å². The van der Waals surface area contributed by atoms with Crippen molar-refractivity contribution in [1.82, 2.24) is 20.1 Å². The second kappa shape index (κ2) is 12.5. The van der Waals surface area contributed by atoms with Crippen LogP contribution in [0.1, 0.15) is 15.9 Å². The summed E-state index contributed by atoms with van der Waals surface area (Å²) in [5, 5.41) is 8.19. The smallest absolute Gasteiger partial charge is 0.280 e. The van der Waals surface area contributed by atoms with Gasteiger partial charge in [-0.05, 0) is 48.4 Å². The number of nitrogens with one attached hydrogen (secondary N) is 1. The van der Waals surface area contributed by atoms with Gasteiger partial charge >= 0.3 is 0 Å². The van der Waals surface area contributed by atoms with Crippen molar-refractivity contribution in [1.29, 1.82) is 0 Å². The van der Waals surface area contributed by atoms with Crippen molar-refractivity contribution >= 4 is 29.1 Å². The number of anilines is 1. The highest BCUT2D eigenvalue weighted by atomic mass is 35.5. The van der Waals surface area contributed by atoms with Crippen molar-refractivity contribution in [3.05, 3.63) is 95.3 Å². The number of nitrogens with two attached hydrogens (primary N) is 1. The molecule has 0 radical (unpaired) electrons. The summed E-state index contributed by atoms with van der Waals surface area (Å²) in [6.07, 6.45) is 3.54. The highest BCUT2D eigenvalue weighted by Crippen LogP contribution is 2.32. The van der Waals surface area contributed by atoms with Gasteiger partial charge in [-0.15, -0.1) is 0 Å². The first-order valence-electron chi connectivity index (χ1n) is 14.0. The van der Waals surface area contributed by atoms with Crippen LogP contribution in [0.5, 0.6) is 0 Å². The molecule has 4 aromatic rings. The van der Waals surface area contributed by atoms with E-state index in [1.807, 2.05) is 54.6 Å². The first-order chi connectivity index (χ1) is 20.9. The summed E-state index contributed by atoms with van der Waals surface area (Å²) in [6, 6.07) is 19.5. The van der Waals surface area contributed by atoms with E-state index in [0.29, 0.717) is 29.7 Å². The number of carbonyl (C=O) groups excluding carboxylic acids is 2. The van der Waals surface area contributed by atoms with Crippen molar-refractivity contribution in [2.45, 2.75) is 18.2 Å². The van der Waals surface area contributed by atoms with E-state index in [4.69, 9.17) is 36.6 Å². The molecular formula is C31H31ClN6O5. The van der Waals surface area contributed by atoms with Crippen LogP contribution in [0.2, 0.25) is 5.02 Å². The zero-order chi connectivity index (χ0) is 29.8. The molecule has 2 aromatic carbocycles. The molecule has 6 rings (SSSR count).